The molecule has 1 unspecified atom stereocenters. The van der Waals surface area contributed by atoms with Gasteiger partial charge in [0.2, 0.25) is 10.6 Å². The van der Waals surface area contributed by atoms with E-state index in [0.29, 0.717) is 28.7 Å². The number of benzene rings is 2. The highest BCUT2D eigenvalue weighted by molar-refractivity contribution is 8.10. The van der Waals surface area contributed by atoms with Crippen LogP contribution in [-0.2, 0) is 10.9 Å². The minimum absolute atomic E-state index is 0.107. The van der Waals surface area contributed by atoms with E-state index in [1.54, 1.807) is 33.5 Å². The number of nitrogens with two attached hydrogens (primary N) is 1. The van der Waals surface area contributed by atoms with Crippen molar-refractivity contribution in [2.75, 3.05) is 27.6 Å². The summed E-state index contributed by atoms with van der Waals surface area (Å²) >= 11 is 0. The van der Waals surface area contributed by atoms with Crippen molar-refractivity contribution in [3.05, 3.63) is 36.4 Å². The fourth-order valence-electron chi connectivity index (χ4n) is 2.15. The van der Waals surface area contributed by atoms with E-state index in [1.165, 1.54) is 0 Å². The maximum absolute atomic E-state index is 7.67. The Morgan fingerprint density at radius 1 is 0.958 bits per heavy atom. The molecular formula is C17H21N2O4S+. The molecule has 0 aromatic heterocycles. The Labute approximate surface area is 144 Å². The smallest absolute Gasteiger partial charge is 0.314 e. The Morgan fingerprint density at radius 3 is 2.04 bits per heavy atom. The number of para-hydroxylation sites is 1. The van der Waals surface area contributed by atoms with Crippen LogP contribution in [0.1, 0.15) is 0 Å². The van der Waals surface area contributed by atoms with Crippen LogP contribution in [-0.4, -0.2) is 32.8 Å². The van der Waals surface area contributed by atoms with E-state index >= 15 is 0 Å². The summed E-state index contributed by atoms with van der Waals surface area (Å²) in [4.78, 5) is 0.860. The van der Waals surface area contributed by atoms with Crippen LogP contribution in [0.15, 0.2) is 41.3 Å². The van der Waals surface area contributed by atoms with Gasteiger partial charge < -0.3 is 24.7 Å². The maximum Gasteiger partial charge on any atom is 0.314 e. The molecular weight excluding hydrogens is 328 g/mol. The van der Waals surface area contributed by atoms with Crippen molar-refractivity contribution in [3.8, 4) is 28.7 Å². The summed E-state index contributed by atoms with van der Waals surface area (Å²) in [5, 5.41) is 7.78. The SMILES string of the molecule is COc1cc(Oc2ccccc2[S+](C)C(=N)N)cc(OC)c1OC. The molecule has 0 spiro atoms. The van der Waals surface area contributed by atoms with Gasteiger partial charge in [-0.3, -0.25) is 0 Å². The first-order valence-corrected chi connectivity index (χ1v) is 8.72. The van der Waals surface area contributed by atoms with Gasteiger partial charge in [-0.2, -0.15) is 0 Å². The fraction of sp³-hybridized carbons (Fsp3) is 0.235. The number of nitrogens with one attached hydrogen (secondary N) is 1. The van der Waals surface area contributed by atoms with E-state index in [4.69, 9.17) is 30.1 Å². The van der Waals surface area contributed by atoms with Crippen LogP contribution in [0.25, 0.3) is 0 Å². The van der Waals surface area contributed by atoms with Gasteiger partial charge in [0.1, 0.15) is 12.0 Å². The van der Waals surface area contributed by atoms with Crippen molar-refractivity contribution < 1.29 is 18.9 Å². The summed E-state index contributed by atoms with van der Waals surface area (Å²) in [6.07, 6.45) is 1.89. The molecule has 0 amide bonds. The van der Waals surface area contributed by atoms with Crippen molar-refractivity contribution in [1.82, 2.24) is 0 Å². The molecule has 0 heterocycles. The van der Waals surface area contributed by atoms with Gasteiger partial charge in [0.25, 0.3) is 0 Å². The highest BCUT2D eigenvalue weighted by Crippen LogP contribution is 2.42. The number of rotatable bonds is 6. The lowest BCUT2D eigenvalue weighted by molar-refractivity contribution is 0.321. The summed E-state index contributed by atoms with van der Waals surface area (Å²) in [5.74, 6) is 2.68. The minimum atomic E-state index is -0.542. The molecule has 0 saturated heterocycles. The summed E-state index contributed by atoms with van der Waals surface area (Å²) < 4.78 is 22.0. The third-order valence-electron chi connectivity index (χ3n) is 3.37. The van der Waals surface area contributed by atoms with Crippen LogP contribution in [0.4, 0.5) is 0 Å². The zero-order chi connectivity index (χ0) is 17.7. The molecule has 0 bridgehead atoms. The van der Waals surface area contributed by atoms with Crippen molar-refractivity contribution in [2.24, 2.45) is 5.73 Å². The molecule has 24 heavy (non-hydrogen) atoms. The normalized spacial score (nSPS) is 11.5. The van der Waals surface area contributed by atoms with Crippen LogP contribution in [0.3, 0.4) is 0 Å². The van der Waals surface area contributed by atoms with Crippen LogP contribution >= 0.6 is 0 Å². The van der Waals surface area contributed by atoms with Crippen LogP contribution in [0, 0.1) is 5.41 Å². The Bertz CT molecular complexity index is 711. The molecule has 0 radical (unpaired) electrons. The fourth-order valence-corrected chi connectivity index (χ4v) is 3.08. The Kier molecular flexibility index (Phi) is 5.81. The first kappa shape index (κ1) is 17.8. The van der Waals surface area contributed by atoms with Crippen LogP contribution in [0.5, 0.6) is 28.7 Å². The molecule has 2 aromatic carbocycles. The highest BCUT2D eigenvalue weighted by Gasteiger charge is 2.25. The molecule has 2 rings (SSSR count). The standard InChI is InChI=1S/C17H21N2O4S/c1-20-13-9-11(10-14(21-2)16(13)22-3)23-12-7-5-6-8-15(12)24(4)17(18)19/h5-10H,1-4H3,(H3,18,19)/q+1. The number of ether oxygens (including phenoxy) is 4. The van der Waals surface area contributed by atoms with Crippen molar-refractivity contribution >= 4 is 16.1 Å². The quantitative estimate of drug-likeness (QED) is 0.476. The third-order valence-corrected chi connectivity index (χ3v) is 5.03. The van der Waals surface area contributed by atoms with Gasteiger partial charge in [0.05, 0.1) is 32.2 Å². The lowest BCUT2D eigenvalue weighted by Crippen LogP contribution is -2.22. The summed E-state index contributed by atoms with van der Waals surface area (Å²) in [6.45, 7) is 0. The highest BCUT2D eigenvalue weighted by atomic mass is 32.2. The van der Waals surface area contributed by atoms with Crippen molar-refractivity contribution in [1.29, 1.82) is 5.41 Å². The molecule has 7 heteroatoms. The lowest BCUT2D eigenvalue weighted by Gasteiger charge is -2.15. The number of hydrogen-bond acceptors (Lipinski definition) is 5. The minimum Gasteiger partial charge on any atom is -0.493 e. The first-order valence-electron chi connectivity index (χ1n) is 7.08. The summed E-state index contributed by atoms with van der Waals surface area (Å²) in [6, 6.07) is 10.9. The zero-order valence-electron chi connectivity index (χ0n) is 14.1. The zero-order valence-corrected chi connectivity index (χ0v) is 14.9. The van der Waals surface area contributed by atoms with E-state index < -0.39 is 10.9 Å². The van der Waals surface area contributed by atoms with Crippen LogP contribution < -0.4 is 24.7 Å². The summed E-state index contributed by atoms with van der Waals surface area (Å²) in [7, 11) is 4.11. The van der Waals surface area contributed by atoms with Gasteiger partial charge in [-0.25, -0.2) is 5.41 Å². The lowest BCUT2D eigenvalue weighted by atomic mass is 10.2. The predicted molar refractivity (Wildman–Crippen MR) is 96.1 cm³/mol. The van der Waals surface area contributed by atoms with Gasteiger partial charge in [-0.15, -0.1) is 0 Å². The second kappa shape index (κ2) is 7.83. The van der Waals surface area contributed by atoms with Gasteiger partial charge in [-0.1, -0.05) is 12.1 Å². The average molecular weight is 349 g/mol. The maximum atomic E-state index is 7.67. The molecule has 0 aliphatic heterocycles. The molecule has 6 nitrogen and oxygen atoms in total. The van der Waals surface area contributed by atoms with E-state index in [9.17, 15) is 0 Å². The largest absolute Gasteiger partial charge is 0.493 e. The van der Waals surface area contributed by atoms with E-state index in [0.717, 1.165) is 4.90 Å². The molecule has 128 valence electrons. The van der Waals surface area contributed by atoms with Gasteiger partial charge in [0, 0.05) is 12.1 Å². The predicted octanol–water partition coefficient (Wildman–Crippen LogP) is 3.01. The second-order valence-corrected chi connectivity index (χ2v) is 6.68. The van der Waals surface area contributed by atoms with Crippen molar-refractivity contribution in [2.45, 2.75) is 4.90 Å². The molecule has 1 atom stereocenters. The van der Waals surface area contributed by atoms with Crippen molar-refractivity contribution in [3.63, 3.8) is 0 Å². The Hall–Kier alpha value is -2.54. The number of hydrogen-bond donors (Lipinski definition) is 2. The molecule has 0 saturated carbocycles. The molecule has 0 aliphatic rings. The number of methoxy groups -OCH3 is 3. The topological polar surface area (TPSA) is 86.8 Å². The van der Waals surface area contributed by atoms with Crippen LogP contribution in [0.2, 0.25) is 0 Å². The molecule has 0 fully saturated rings. The Morgan fingerprint density at radius 2 is 1.54 bits per heavy atom. The molecule has 3 N–H and O–H groups in total. The van der Waals surface area contributed by atoms with Gasteiger partial charge in [-0.05, 0) is 12.1 Å². The molecule has 0 aliphatic carbocycles. The monoisotopic (exact) mass is 349 g/mol. The van der Waals surface area contributed by atoms with E-state index in [1.807, 2.05) is 30.5 Å². The second-order valence-electron chi connectivity index (χ2n) is 4.78. The van der Waals surface area contributed by atoms with E-state index in [2.05, 4.69) is 0 Å². The van der Waals surface area contributed by atoms with Gasteiger partial charge in [0.15, 0.2) is 17.2 Å². The van der Waals surface area contributed by atoms with Gasteiger partial charge >= 0.3 is 5.17 Å². The first-order chi connectivity index (χ1) is 11.5. The number of amidine groups is 1. The average Bonchev–Trinajstić information content (AvgIpc) is 2.60. The summed E-state index contributed by atoms with van der Waals surface area (Å²) in [5.41, 5.74) is 5.64. The van der Waals surface area contributed by atoms with E-state index in [-0.39, 0.29) is 5.17 Å². The molecule has 2 aromatic rings. The third kappa shape index (κ3) is 3.68. The Balaban J connectivity index is 2.44.